The number of nitrogens with one attached hydrogen (secondary N) is 1. The fourth-order valence-corrected chi connectivity index (χ4v) is 2.54. The molecule has 2 heteroatoms. The highest BCUT2D eigenvalue weighted by Gasteiger charge is 2.29. The summed E-state index contributed by atoms with van der Waals surface area (Å²) in [6, 6.07) is 0.838. The van der Waals surface area contributed by atoms with Crippen LogP contribution in [0.4, 0.5) is 0 Å². The van der Waals surface area contributed by atoms with Gasteiger partial charge in [0.2, 0.25) is 0 Å². The molecular formula is C10H20N2. The number of likely N-dealkylation sites (tertiary alicyclic amines) is 1. The fourth-order valence-electron chi connectivity index (χ4n) is 2.54. The van der Waals surface area contributed by atoms with Crippen molar-refractivity contribution >= 4 is 0 Å². The Bertz CT molecular complexity index is 141. The first-order chi connectivity index (χ1) is 5.88. The lowest BCUT2D eigenvalue weighted by Gasteiger charge is -2.34. The summed E-state index contributed by atoms with van der Waals surface area (Å²) in [6.07, 6.45) is 4.29. The molecule has 0 aromatic heterocycles. The van der Waals surface area contributed by atoms with Crippen molar-refractivity contribution in [2.45, 2.75) is 32.2 Å². The maximum Gasteiger partial charge on any atom is 0.0258 e. The maximum atomic E-state index is 3.48. The highest BCUT2D eigenvalue weighted by molar-refractivity contribution is 4.87. The summed E-state index contributed by atoms with van der Waals surface area (Å²) in [6.45, 7) is 7.51. The van der Waals surface area contributed by atoms with Crippen molar-refractivity contribution in [2.24, 2.45) is 5.92 Å². The Balaban J connectivity index is 1.89. The number of rotatable bonds is 1. The molecule has 0 spiro atoms. The molecule has 70 valence electrons. The molecular weight excluding hydrogens is 148 g/mol. The summed E-state index contributed by atoms with van der Waals surface area (Å²) in [7, 11) is 0. The molecule has 2 fully saturated rings. The first-order valence-electron chi connectivity index (χ1n) is 5.32. The minimum atomic E-state index is 0.838. The Morgan fingerprint density at radius 3 is 2.42 bits per heavy atom. The SMILES string of the molecule is CC1CNCC1N1CCCCC1. The Morgan fingerprint density at radius 1 is 1.08 bits per heavy atom. The zero-order valence-corrected chi connectivity index (χ0v) is 8.05. The average molecular weight is 168 g/mol. The minimum absolute atomic E-state index is 0.838. The third-order valence-corrected chi connectivity index (χ3v) is 3.34. The third kappa shape index (κ3) is 1.64. The molecule has 0 bridgehead atoms. The van der Waals surface area contributed by atoms with Crippen molar-refractivity contribution in [1.29, 1.82) is 0 Å². The van der Waals surface area contributed by atoms with Crippen LogP contribution < -0.4 is 5.32 Å². The van der Waals surface area contributed by atoms with Crippen molar-refractivity contribution in [2.75, 3.05) is 26.2 Å². The van der Waals surface area contributed by atoms with Crippen LogP contribution in [-0.2, 0) is 0 Å². The average Bonchev–Trinajstić information content (AvgIpc) is 2.53. The van der Waals surface area contributed by atoms with Crippen LogP contribution in [0.5, 0.6) is 0 Å². The largest absolute Gasteiger partial charge is 0.315 e. The monoisotopic (exact) mass is 168 g/mol. The van der Waals surface area contributed by atoms with E-state index in [-0.39, 0.29) is 0 Å². The van der Waals surface area contributed by atoms with Crippen molar-refractivity contribution in [3.05, 3.63) is 0 Å². The van der Waals surface area contributed by atoms with E-state index < -0.39 is 0 Å². The van der Waals surface area contributed by atoms with Crippen LogP contribution in [0.25, 0.3) is 0 Å². The topological polar surface area (TPSA) is 15.3 Å². The molecule has 2 atom stereocenters. The van der Waals surface area contributed by atoms with Crippen LogP contribution in [0, 0.1) is 5.92 Å². The van der Waals surface area contributed by atoms with Crippen molar-refractivity contribution in [1.82, 2.24) is 10.2 Å². The van der Waals surface area contributed by atoms with Crippen molar-refractivity contribution in [3.63, 3.8) is 0 Å². The summed E-state index contributed by atoms with van der Waals surface area (Å²) < 4.78 is 0. The Kier molecular flexibility index (Phi) is 2.66. The van der Waals surface area contributed by atoms with Crippen molar-refractivity contribution in [3.8, 4) is 0 Å². The third-order valence-electron chi connectivity index (χ3n) is 3.34. The standard InChI is InChI=1S/C10H20N2/c1-9-7-11-8-10(9)12-5-3-2-4-6-12/h9-11H,2-8H2,1H3. The first-order valence-corrected chi connectivity index (χ1v) is 5.32. The van der Waals surface area contributed by atoms with Gasteiger partial charge in [0.05, 0.1) is 0 Å². The van der Waals surface area contributed by atoms with E-state index in [1.807, 2.05) is 0 Å². The zero-order valence-electron chi connectivity index (χ0n) is 8.05. The van der Waals surface area contributed by atoms with E-state index in [0.29, 0.717) is 0 Å². The molecule has 0 aromatic carbocycles. The lowest BCUT2D eigenvalue weighted by atomic mass is 10.0. The van der Waals surface area contributed by atoms with Gasteiger partial charge in [0, 0.05) is 12.6 Å². The molecule has 2 unspecified atom stereocenters. The second-order valence-corrected chi connectivity index (χ2v) is 4.30. The lowest BCUT2D eigenvalue weighted by Crippen LogP contribution is -2.43. The molecule has 0 aliphatic carbocycles. The Labute approximate surface area is 75.3 Å². The van der Waals surface area contributed by atoms with Gasteiger partial charge in [0.25, 0.3) is 0 Å². The Morgan fingerprint density at radius 2 is 1.83 bits per heavy atom. The summed E-state index contributed by atoms with van der Waals surface area (Å²) in [5.41, 5.74) is 0. The van der Waals surface area contributed by atoms with Gasteiger partial charge in [-0.25, -0.2) is 0 Å². The van der Waals surface area contributed by atoms with E-state index in [4.69, 9.17) is 0 Å². The predicted octanol–water partition coefficient (Wildman–Crippen LogP) is 1.08. The molecule has 2 nitrogen and oxygen atoms in total. The molecule has 2 heterocycles. The highest BCUT2D eigenvalue weighted by Crippen LogP contribution is 2.19. The second-order valence-electron chi connectivity index (χ2n) is 4.30. The normalized spacial score (nSPS) is 38.8. The predicted molar refractivity (Wildman–Crippen MR) is 51.2 cm³/mol. The van der Waals surface area contributed by atoms with Crippen LogP contribution in [0.2, 0.25) is 0 Å². The zero-order chi connectivity index (χ0) is 8.39. The lowest BCUT2D eigenvalue weighted by molar-refractivity contribution is 0.148. The Hall–Kier alpha value is -0.0800. The van der Waals surface area contributed by atoms with Crippen LogP contribution in [0.1, 0.15) is 26.2 Å². The highest BCUT2D eigenvalue weighted by atomic mass is 15.2. The number of piperidine rings is 1. The summed E-state index contributed by atoms with van der Waals surface area (Å²) >= 11 is 0. The van der Waals surface area contributed by atoms with Gasteiger partial charge in [-0.3, -0.25) is 4.90 Å². The van der Waals surface area contributed by atoms with Gasteiger partial charge >= 0.3 is 0 Å². The summed E-state index contributed by atoms with van der Waals surface area (Å²) in [5.74, 6) is 0.864. The van der Waals surface area contributed by atoms with Crippen LogP contribution in [0.3, 0.4) is 0 Å². The van der Waals surface area contributed by atoms with Gasteiger partial charge in [-0.2, -0.15) is 0 Å². The van der Waals surface area contributed by atoms with E-state index in [0.717, 1.165) is 12.0 Å². The molecule has 1 N–H and O–H groups in total. The second kappa shape index (κ2) is 3.75. The molecule has 2 aliphatic rings. The number of hydrogen-bond donors (Lipinski definition) is 1. The first kappa shape index (κ1) is 8.52. The van der Waals surface area contributed by atoms with E-state index in [1.54, 1.807) is 0 Å². The molecule has 2 aliphatic heterocycles. The summed E-state index contributed by atoms with van der Waals surface area (Å²) in [4.78, 5) is 2.69. The smallest absolute Gasteiger partial charge is 0.0258 e. The van der Waals surface area contributed by atoms with E-state index in [2.05, 4.69) is 17.1 Å². The van der Waals surface area contributed by atoms with Crippen LogP contribution >= 0.6 is 0 Å². The molecule has 0 radical (unpaired) electrons. The number of hydrogen-bond acceptors (Lipinski definition) is 2. The van der Waals surface area contributed by atoms with E-state index >= 15 is 0 Å². The quantitative estimate of drug-likeness (QED) is 0.630. The molecule has 0 saturated carbocycles. The molecule has 2 rings (SSSR count). The van der Waals surface area contributed by atoms with Gasteiger partial charge in [-0.1, -0.05) is 13.3 Å². The molecule has 0 aromatic rings. The molecule has 2 saturated heterocycles. The number of nitrogens with zero attached hydrogens (tertiary/aromatic N) is 1. The molecule has 0 amide bonds. The van der Waals surface area contributed by atoms with Gasteiger partial charge in [-0.15, -0.1) is 0 Å². The van der Waals surface area contributed by atoms with Crippen LogP contribution in [-0.4, -0.2) is 37.1 Å². The van der Waals surface area contributed by atoms with Gasteiger partial charge in [0.1, 0.15) is 0 Å². The fraction of sp³-hybridized carbons (Fsp3) is 1.00. The molecule has 12 heavy (non-hydrogen) atoms. The van der Waals surface area contributed by atoms with Crippen molar-refractivity contribution < 1.29 is 0 Å². The summed E-state index contributed by atoms with van der Waals surface area (Å²) in [5, 5.41) is 3.48. The maximum absolute atomic E-state index is 3.48. The van der Waals surface area contributed by atoms with E-state index in [1.165, 1.54) is 45.4 Å². The van der Waals surface area contributed by atoms with E-state index in [9.17, 15) is 0 Å². The minimum Gasteiger partial charge on any atom is -0.315 e. The van der Waals surface area contributed by atoms with Gasteiger partial charge in [-0.05, 0) is 38.4 Å². The van der Waals surface area contributed by atoms with Gasteiger partial charge in [0.15, 0.2) is 0 Å². The van der Waals surface area contributed by atoms with Crippen LogP contribution in [0.15, 0.2) is 0 Å². The van der Waals surface area contributed by atoms with Gasteiger partial charge < -0.3 is 5.32 Å².